The van der Waals surface area contributed by atoms with Gasteiger partial charge in [-0.2, -0.15) is 0 Å². The van der Waals surface area contributed by atoms with E-state index in [1.54, 1.807) is 18.2 Å². The van der Waals surface area contributed by atoms with Crippen LogP contribution < -0.4 is 9.47 Å². The molecule has 1 aromatic rings. The van der Waals surface area contributed by atoms with Crippen molar-refractivity contribution in [3.63, 3.8) is 0 Å². The lowest BCUT2D eigenvalue weighted by Gasteiger charge is -2.68. The Morgan fingerprint density at radius 1 is 1.05 bits per heavy atom. The molecule has 1 amide bonds. The summed E-state index contributed by atoms with van der Waals surface area (Å²) in [5, 5.41) is 12.5. The smallest absolute Gasteiger partial charge is 0.338 e. The maximum atomic E-state index is 13.9. The molecular formula is C32H41NO8. The standard InChI is InChI=1S/C32H41NO8/c1-17(34)40-16-32(37)19-9-12-30(27(32)41-26(35)18-7-8-21(38-4)22(13-18)39-5)20-15-23-29(2)10-6-11-31(23,24(30)14-19)25(20)33(3)28(29)36/h7-8,13,19-20,23-25,27,37H,6,9-12,14-16H2,1-5H3/t19-,20-,23+,24+,25?,27-,29+,30-,31-,32-/m0/s1. The number of ether oxygens (including phenoxy) is 4. The molecule has 2 spiro atoms. The van der Waals surface area contributed by atoms with E-state index in [1.165, 1.54) is 21.1 Å². The minimum Gasteiger partial charge on any atom is -0.493 e. The zero-order chi connectivity index (χ0) is 29.1. The van der Waals surface area contributed by atoms with E-state index in [1.807, 2.05) is 11.9 Å². The van der Waals surface area contributed by atoms with Crippen LogP contribution in [-0.4, -0.2) is 73.5 Å². The number of aliphatic hydroxyl groups is 1. The maximum absolute atomic E-state index is 13.9. The van der Waals surface area contributed by atoms with Crippen molar-refractivity contribution in [2.45, 2.75) is 76.5 Å². The molecule has 1 heterocycles. The van der Waals surface area contributed by atoms with Crippen molar-refractivity contribution in [2.24, 2.45) is 39.9 Å². The lowest BCUT2D eigenvalue weighted by atomic mass is 9.38. The number of likely N-dealkylation sites (tertiary alicyclic amines) is 1. The highest BCUT2D eigenvalue weighted by Crippen LogP contribution is 2.84. The van der Waals surface area contributed by atoms with E-state index in [2.05, 4.69) is 6.92 Å². The van der Waals surface area contributed by atoms with Crippen molar-refractivity contribution < 1.29 is 38.4 Å². The van der Waals surface area contributed by atoms with Gasteiger partial charge in [0.05, 0.1) is 25.2 Å². The molecule has 7 aliphatic rings. The lowest BCUT2D eigenvalue weighted by molar-refractivity contribution is -0.286. The molecule has 0 radical (unpaired) electrons. The molecule has 10 atom stereocenters. The van der Waals surface area contributed by atoms with E-state index in [0.717, 1.165) is 44.9 Å². The normalized spacial score (nSPS) is 44.8. The fourth-order valence-corrected chi connectivity index (χ4v) is 11.6. The number of hydrogen-bond donors (Lipinski definition) is 1. The number of benzene rings is 1. The number of rotatable bonds is 6. The van der Waals surface area contributed by atoms with E-state index in [4.69, 9.17) is 18.9 Å². The third-order valence-electron chi connectivity index (χ3n) is 12.8. The molecular weight excluding hydrogens is 526 g/mol. The molecule has 0 aromatic heterocycles. The van der Waals surface area contributed by atoms with E-state index < -0.39 is 29.1 Å². The molecule has 1 saturated heterocycles. The SMILES string of the molecule is COc1ccc(C(=O)O[C@@H]2[C@](O)(COC(C)=O)[C@H]3CC[C@@]24[C@H]2C[C@H]5[C@@]6(CCC[C@@]5(C)C(=O)N(C)C26)[C@@H]4C3)cc1OC. The Balaban J connectivity index is 1.34. The van der Waals surface area contributed by atoms with Crippen molar-refractivity contribution in [2.75, 3.05) is 27.9 Å². The predicted octanol–water partition coefficient (Wildman–Crippen LogP) is 3.61. The molecule has 222 valence electrons. The molecule has 9 nitrogen and oxygen atoms in total. The summed E-state index contributed by atoms with van der Waals surface area (Å²) in [5.41, 5.74) is -2.13. The predicted molar refractivity (Wildman–Crippen MR) is 146 cm³/mol. The Morgan fingerprint density at radius 2 is 1.80 bits per heavy atom. The number of hydrogen-bond acceptors (Lipinski definition) is 8. The van der Waals surface area contributed by atoms with Gasteiger partial charge in [0.1, 0.15) is 18.3 Å². The Bertz CT molecular complexity index is 1330. The Kier molecular flexibility index (Phi) is 5.68. The first kappa shape index (κ1) is 27.0. The van der Waals surface area contributed by atoms with Gasteiger partial charge in [-0.15, -0.1) is 0 Å². The summed E-state index contributed by atoms with van der Waals surface area (Å²) in [6, 6.07) is 4.96. The second-order valence-corrected chi connectivity index (χ2v) is 13.9. The quantitative estimate of drug-likeness (QED) is 0.519. The van der Waals surface area contributed by atoms with Crippen molar-refractivity contribution >= 4 is 17.8 Å². The van der Waals surface area contributed by atoms with Gasteiger partial charge in [0.25, 0.3) is 0 Å². The van der Waals surface area contributed by atoms with E-state index in [-0.39, 0.29) is 47.1 Å². The van der Waals surface area contributed by atoms with Gasteiger partial charge in [0.15, 0.2) is 11.5 Å². The van der Waals surface area contributed by atoms with Crippen LogP contribution in [0.2, 0.25) is 0 Å². The number of amides is 1. The molecule has 41 heavy (non-hydrogen) atoms. The van der Waals surface area contributed by atoms with Gasteiger partial charge < -0.3 is 29.0 Å². The van der Waals surface area contributed by atoms with Gasteiger partial charge >= 0.3 is 11.9 Å². The van der Waals surface area contributed by atoms with Crippen LogP contribution in [-0.2, 0) is 19.1 Å². The van der Waals surface area contributed by atoms with Gasteiger partial charge in [-0.3, -0.25) is 9.59 Å². The Hall–Kier alpha value is -2.81. The zero-order valence-corrected chi connectivity index (χ0v) is 24.6. The summed E-state index contributed by atoms with van der Waals surface area (Å²) in [6.07, 6.45) is 5.41. The molecule has 6 aliphatic carbocycles. The molecule has 7 bridgehead atoms. The molecule has 6 saturated carbocycles. The fourth-order valence-electron chi connectivity index (χ4n) is 11.6. The molecule has 1 N–H and O–H groups in total. The van der Waals surface area contributed by atoms with Gasteiger partial charge in [-0.05, 0) is 85.8 Å². The topological polar surface area (TPSA) is 112 Å². The Labute approximate surface area is 240 Å². The third-order valence-corrected chi connectivity index (χ3v) is 12.8. The van der Waals surface area contributed by atoms with Crippen LogP contribution in [0, 0.1) is 39.9 Å². The summed E-state index contributed by atoms with van der Waals surface area (Å²) in [5.74, 6) is 0.559. The second-order valence-electron chi connectivity index (χ2n) is 13.9. The highest BCUT2D eigenvalue weighted by Gasteiger charge is 2.86. The number of carbonyl (C=O) groups is 3. The summed E-state index contributed by atoms with van der Waals surface area (Å²) in [6.45, 7) is 3.29. The van der Waals surface area contributed by atoms with Crippen LogP contribution >= 0.6 is 0 Å². The van der Waals surface area contributed by atoms with Gasteiger partial charge in [0.2, 0.25) is 5.91 Å². The molecule has 8 rings (SSSR count). The minimum absolute atomic E-state index is 0.0459. The molecule has 1 aliphatic heterocycles. The number of carbonyl (C=O) groups excluding carboxylic acids is 3. The van der Waals surface area contributed by atoms with Gasteiger partial charge in [-0.25, -0.2) is 4.79 Å². The highest BCUT2D eigenvalue weighted by molar-refractivity contribution is 5.90. The number of fused-ring (bicyclic) bond motifs is 2. The van der Waals surface area contributed by atoms with Crippen LogP contribution in [0.4, 0.5) is 0 Å². The number of nitrogens with zero attached hydrogens (tertiary/aromatic N) is 1. The first-order valence-electron chi connectivity index (χ1n) is 15.0. The van der Waals surface area contributed by atoms with E-state index >= 15 is 0 Å². The second kappa shape index (κ2) is 8.62. The first-order chi connectivity index (χ1) is 19.5. The third kappa shape index (κ3) is 3.08. The molecule has 1 aromatic carbocycles. The van der Waals surface area contributed by atoms with Crippen LogP contribution in [0.5, 0.6) is 11.5 Å². The summed E-state index contributed by atoms with van der Waals surface area (Å²) >= 11 is 0. The molecule has 1 unspecified atom stereocenters. The van der Waals surface area contributed by atoms with E-state index in [9.17, 15) is 19.5 Å². The van der Waals surface area contributed by atoms with Gasteiger partial charge in [-0.1, -0.05) is 13.3 Å². The zero-order valence-electron chi connectivity index (χ0n) is 24.6. The maximum Gasteiger partial charge on any atom is 0.338 e. The fraction of sp³-hybridized carbons (Fsp3) is 0.719. The summed E-state index contributed by atoms with van der Waals surface area (Å²) in [7, 11) is 5.01. The molecule has 7 fully saturated rings. The van der Waals surface area contributed by atoms with Crippen LogP contribution in [0.15, 0.2) is 18.2 Å². The van der Waals surface area contributed by atoms with Crippen molar-refractivity contribution in [1.82, 2.24) is 4.90 Å². The number of esters is 2. The van der Waals surface area contributed by atoms with Gasteiger partial charge in [0, 0.05) is 25.4 Å². The van der Waals surface area contributed by atoms with Crippen molar-refractivity contribution in [3.05, 3.63) is 23.8 Å². The summed E-state index contributed by atoms with van der Waals surface area (Å²) in [4.78, 5) is 41.7. The number of methoxy groups -OCH3 is 2. The van der Waals surface area contributed by atoms with E-state index in [0.29, 0.717) is 23.0 Å². The van der Waals surface area contributed by atoms with Crippen molar-refractivity contribution in [3.8, 4) is 11.5 Å². The number of piperidine rings is 1. The highest BCUT2D eigenvalue weighted by atomic mass is 16.6. The van der Waals surface area contributed by atoms with Crippen molar-refractivity contribution in [1.29, 1.82) is 0 Å². The minimum atomic E-state index is -1.51. The molecule has 9 heteroatoms. The Morgan fingerprint density at radius 3 is 2.51 bits per heavy atom. The van der Waals surface area contributed by atoms with Crippen LogP contribution in [0.3, 0.4) is 0 Å². The largest absolute Gasteiger partial charge is 0.493 e. The average molecular weight is 568 g/mol. The lowest BCUT2D eigenvalue weighted by Crippen LogP contribution is -2.73. The first-order valence-corrected chi connectivity index (χ1v) is 15.0. The summed E-state index contributed by atoms with van der Waals surface area (Å²) < 4.78 is 22.7. The van der Waals surface area contributed by atoms with Crippen LogP contribution in [0.1, 0.15) is 69.2 Å². The average Bonchev–Trinajstić information content (AvgIpc) is 3.42. The van der Waals surface area contributed by atoms with Crippen LogP contribution in [0.25, 0.3) is 0 Å². The monoisotopic (exact) mass is 567 g/mol.